The maximum Gasteiger partial charge on any atom is 0.471 e. The van der Waals surface area contributed by atoms with Gasteiger partial charge in [-0.25, -0.2) is 4.57 Å². The van der Waals surface area contributed by atoms with Gasteiger partial charge in [0.2, 0.25) is 0 Å². The minimum atomic E-state index is -4.83. The van der Waals surface area contributed by atoms with Gasteiger partial charge >= 0.3 is 7.82 Å². The van der Waals surface area contributed by atoms with Crippen LogP contribution in [0.2, 0.25) is 0 Å². The van der Waals surface area contributed by atoms with Crippen molar-refractivity contribution in [3.8, 4) is 0 Å². The lowest BCUT2D eigenvalue weighted by Gasteiger charge is -2.40. The molecule has 0 radical (unpaired) electrons. The number of hydrogen-bond acceptors (Lipinski definition) is 13. The third kappa shape index (κ3) is 8.40. The lowest BCUT2D eigenvalue weighted by Crippen LogP contribution is -2.62. The van der Waals surface area contributed by atoms with Gasteiger partial charge in [-0.15, -0.1) is 0 Å². The van der Waals surface area contributed by atoms with Gasteiger partial charge in [-0.2, -0.15) is 0 Å². The Hall–Kier alpha value is -0.620. The van der Waals surface area contributed by atoms with Crippen molar-refractivity contribution in [2.45, 2.75) is 55.1 Å². The van der Waals surface area contributed by atoms with E-state index in [0.717, 1.165) is 0 Å². The summed E-state index contributed by atoms with van der Waals surface area (Å²) in [6, 6.07) is -1.33. The van der Waals surface area contributed by atoms with Crippen molar-refractivity contribution in [3.05, 3.63) is 0 Å². The first-order valence-electron chi connectivity index (χ1n) is 7.71. The standard InChI is InChI=1S/C6H14NO8P.C6H12O6/c7-3-5(10)4(9)2(1-8)14-6(3)15-16(11,12)13;7-1-3(9)5(11)6(12)4(10)2-8/h2-6,8-10H,1,7H2,(H2,11,12,13);1,3-6,8-12H,2H2/t2-,3-,4+,5-,6-;3-,4+,5+,6-/m10/s1. The van der Waals surface area contributed by atoms with E-state index in [1.807, 2.05) is 0 Å². The number of aldehydes is 1. The molecule has 0 aromatic carbocycles. The van der Waals surface area contributed by atoms with E-state index in [1.54, 1.807) is 0 Å². The minimum absolute atomic E-state index is 0.0258. The molecule has 15 nitrogen and oxygen atoms in total. The van der Waals surface area contributed by atoms with E-state index in [0.29, 0.717) is 0 Å². The van der Waals surface area contributed by atoms with Crippen molar-refractivity contribution < 1.29 is 69.3 Å². The Morgan fingerprint density at radius 2 is 1.61 bits per heavy atom. The first kappa shape index (κ1) is 27.4. The molecule has 9 atom stereocenters. The predicted molar refractivity (Wildman–Crippen MR) is 86.0 cm³/mol. The van der Waals surface area contributed by atoms with Gasteiger partial charge < -0.3 is 65.9 Å². The van der Waals surface area contributed by atoms with Crippen LogP contribution in [0.5, 0.6) is 0 Å². The molecular formula is C12H26NO14P. The molecule has 0 aromatic rings. The highest BCUT2D eigenvalue weighted by atomic mass is 31.2. The van der Waals surface area contributed by atoms with Gasteiger partial charge in [0.05, 0.1) is 19.3 Å². The van der Waals surface area contributed by atoms with E-state index in [4.69, 9.17) is 50.9 Å². The van der Waals surface area contributed by atoms with Crippen molar-refractivity contribution in [1.82, 2.24) is 0 Å². The molecule has 0 aliphatic carbocycles. The van der Waals surface area contributed by atoms with Crippen LogP contribution in [0.1, 0.15) is 0 Å². The van der Waals surface area contributed by atoms with Crippen LogP contribution in [0.25, 0.3) is 0 Å². The molecule has 1 saturated heterocycles. The lowest BCUT2D eigenvalue weighted by atomic mass is 9.98. The molecule has 0 aromatic heterocycles. The van der Waals surface area contributed by atoms with Gasteiger partial charge in [0.25, 0.3) is 0 Å². The summed E-state index contributed by atoms with van der Waals surface area (Å²) in [4.78, 5) is 27.0. The molecule has 16 heteroatoms. The second kappa shape index (κ2) is 12.2. The summed E-state index contributed by atoms with van der Waals surface area (Å²) in [6.45, 7) is -1.41. The van der Waals surface area contributed by atoms with Crippen molar-refractivity contribution >= 4 is 14.1 Å². The molecule has 28 heavy (non-hydrogen) atoms. The largest absolute Gasteiger partial charge is 0.471 e. The minimum Gasteiger partial charge on any atom is -0.394 e. The lowest BCUT2D eigenvalue weighted by molar-refractivity contribution is -0.242. The molecule has 1 rings (SSSR count). The number of ether oxygens (including phenoxy) is 1. The number of phosphoric ester groups is 1. The van der Waals surface area contributed by atoms with Crippen LogP contribution >= 0.6 is 7.82 Å². The Bertz CT molecular complexity index is 503. The van der Waals surface area contributed by atoms with Crippen molar-refractivity contribution in [1.29, 1.82) is 0 Å². The van der Waals surface area contributed by atoms with Crippen LogP contribution in [-0.2, 0) is 18.6 Å². The summed E-state index contributed by atoms with van der Waals surface area (Å²) < 4.78 is 19.5. The summed E-state index contributed by atoms with van der Waals surface area (Å²) in [6.07, 6.45) is -12.6. The first-order valence-corrected chi connectivity index (χ1v) is 9.24. The van der Waals surface area contributed by atoms with Gasteiger partial charge in [0, 0.05) is 0 Å². The maximum atomic E-state index is 10.6. The fourth-order valence-electron chi connectivity index (χ4n) is 1.95. The van der Waals surface area contributed by atoms with Gasteiger partial charge in [0.15, 0.2) is 12.6 Å². The zero-order chi connectivity index (χ0) is 22.2. The average molecular weight is 439 g/mol. The summed E-state index contributed by atoms with van der Waals surface area (Å²) in [5.41, 5.74) is 5.35. The normalized spacial score (nSPS) is 32.5. The Morgan fingerprint density at radius 1 is 1.07 bits per heavy atom. The number of rotatable bonds is 8. The number of hydrogen-bond donors (Lipinski definition) is 11. The molecule has 168 valence electrons. The Morgan fingerprint density at radius 3 is 2.00 bits per heavy atom. The Balaban J connectivity index is 0.000000546. The zero-order valence-corrected chi connectivity index (χ0v) is 15.2. The van der Waals surface area contributed by atoms with Crippen molar-refractivity contribution in [2.24, 2.45) is 5.73 Å². The van der Waals surface area contributed by atoms with Gasteiger partial charge in [-0.05, 0) is 0 Å². The number of carbonyl (C=O) groups is 1. The first-order chi connectivity index (χ1) is 12.8. The molecule has 0 amide bonds. The molecule has 0 spiro atoms. The molecule has 12 N–H and O–H groups in total. The third-order valence-electron chi connectivity index (χ3n) is 3.59. The van der Waals surface area contributed by atoms with Gasteiger partial charge in [-0.1, -0.05) is 0 Å². The quantitative estimate of drug-likeness (QED) is 0.124. The number of nitrogens with two attached hydrogens (primary N) is 1. The van der Waals surface area contributed by atoms with Crippen LogP contribution in [0.3, 0.4) is 0 Å². The Labute approximate surface area is 158 Å². The number of aliphatic hydroxyl groups is 8. The molecule has 0 bridgehead atoms. The monoisotopic (exact) mass is 439 g/mol. The highest BCUT2D eigenvalue weighted by Gasteiger charge is 2.45. The van der Waals surface area contributed by atoms with Gasteiger partial charge in [-0.3, -0.25) is 4.52 Å². The summed E-state index contributed by atoms with van der Waals surface area (Å²) in [5.74, 6) is 0. The SMILES string of the molecule is N[C@H]1[C@@H](OP(=O)(O)O)O[C@H](CO)[C@H](O)[C@@H]1O.O=C[C@H](O)[C@@H](O)[C@@H](O)[C@H](O)CO. The molecular weight excluding hydrogens is 413 g/mol. The maximum absolute atomic E-state index is 10.6. The van der Waals surface area contributed by atoms with E-state index in [9.17, 15) is 19.6 Å². The summed E-state index contributed by atoms with van der Waals surface area (Å²) in [7, 11) is -4.83. The van der Waals surface area contributed by atoms with Crippen LogP contribution in [-0.4, -0.2) is 125 Å². The molecule has 0 saturated carbocycles. The van der Waals surface area contributed by atoms with E-state index >= 15 is 0 Å². The van der Waals surface area contributed by atoms with Crippen LogP contribution in [0, 0.1) is 0 Å². The van der Waals surface area contributed by atoms with Crippen LogP contribution in [0.4, 0.5) is 0 Å². The number of aliphatic hydroxyl groups excluding tert-OH is 8. The average Bonchev–Trinajstić information content (AvgIpc) is 2.65. The smallest absolute Gasteiger partial charge is 0.394 e. The van der Waals surface area contributed by atoms with Crippen molar-refractivity contribution in [3.63, 3.8) is 0 Å². The molecule has 0 unspecified atom stereocenters. The van der Waals surface area contributed by atoms with E-state index < -0.39 is 76.1 Å². The summed E-state index contributed by atoms with van der Waals surface area (Å²) in [5, 5.41) is 71.1. The van der Waals surface area contributed by atoms with Crippen molar-refractivity contribution in [2.75, 3.05) is 13.2 Å². The fourth-order valence-corrected chi connectivity index (χ4v) is 2.41. The number of carbonyl (C=O) groups excluding carboxylic acids is 1. The second-order valence-corrected chi connectivity index (χ2v) is 6.93. The number of phosphoric acid groups is 1. The highest BCUT2D eigenvalue weighted by Crippen LogP contribution is 2.40. The molecule has 1 heterocycles. The highest BCUT2D eigenvalue weighted by molar-refractivity contribution is 7.46. The molecule has 1 fully saturated rings. The van der Waals surface area contributed by atoms with Crippen LogP contribution < -0.4 is 5.73 Å². The van der Waals surface area contributed by atoms with E-state index in [1.165, 1.54) is 0 Å². The second-order valence-electron chi connectivity index (χ2n) is 5.74. The van der Waals surface area contributed by atoms with E-state index in [-0.39, 0.29) is 6.29 Å². The fraction of sp³-hybridized carbons (Fsp3) is 0.917. The topological polar surface area (TPSA) is 281 Å². The predicted octanol–water partition coefficient (Wildman–Crippen LogP) is -6.52. The molecule has 1 aliphatic heterocycles. The zero-order valence-electron chi connectivity index (χ0n) is 14.3. The van der Waals surface area contributed by atoms with E-state index in [2.05, 4.69) is 4.52 Å². The third-order valence-corrected chi connectivity index (χ3v) is 4.07. The van der Waals surface area contributed by atoms with Crippen LogP contribution in [0.15, 0.2) is 0 Å². The summed E-state index contributed by atoms with van der Waals surface area (Å²) >= 11 is 0. The molecule has 1 aliphatic rings. The Kier molecular flexibility index (Phi) is 11.9. The van der Waals surface area contributed by atoms with Gasteiger partial charge in [0.1, 0.15) is 42.7 Å².